The van der Waals surface area contributed by atoms with Crippen LogP contribution in [0, 0.1) is 16.0 Å². The summed E-state index contributed by atoms with van der Waals surface area (Å²) in [6.45, 7) is 10.5. The highest BCUT2D eigenvalue weighted by Crippen LogP contribution is 2.27. The molecule has 2 aliphatic rings. The van der Waals surface area contributed by atoms with Crippen molar-refractivity contribution in [1.29, 1.82) is 5.16 Å². The Bertz CT molecular complexity index is 1310. The van der Waals surface area contributed by atoms with Gasteiger partial charge in [-0.15, -0.1) is 5.06 Å². The number of benzene rings is 2. The van der Waals surface area contributed by atoms with Crippen LogP contribution in [0.1, 0.15) is 95.8 Å². The molecule has 0 fully saturated rings. The van der Waals surface area contributed by atoms with Gasteiger partial charge in [0, 0.05) is 22.0 Å². The molecule has 0 aromatic heterocycles. The number of carboxylic acid groups (broad SMARTS) is 1. The molecule has 2 aliphatic heterocycles. The van der Waals surface area contributed by atoms with Crippen LogP contribution in [-0.2, 0) is 14.4 Å². The molecule has 2 aromatic rings. The molecule has 42 heavy (non-hydrogen) atoms. The molecule has 0 unspecified atom stereocenters. The number of carboxylic acids is 1. The van der Waals surface area contributed by atoms with Crippen molar-refractivity contribution in [3.8, 4) is 0 Å². The Morgan fingerprint density at radius 3 is 1.36 bits per heavy atom. The quantitative estimate of drug-likeness (QED) is 0.137. The van der Waals surface area contributed by atoms with E-state index in [1.54, 1.807) is 52.0 Å². The fourth-order valence-corrected chi connectivity index (χ4v) is 2.93. The third-order valence-electron chi connectivity index (χ3n) is 6.60. The molecule has 4 rings (SSSR count). The summed E-state index contributed by atoms with van der Waals surface area (Å²) >= 11 is 1.93. The van der Waals surface area contributed by atoms with Gasteiger partial charge in [-0.05, 0) is 64.8 Å². The van der Waals surface area contributed by atoms with Crippen LogP contribution >= 0.6 is 28.1 Å². The first-order valence-corrected chi connectivity index (χ1v) is 16.3. The van der Waals surface area contributed by atoms with Crippen molar-refractivity contribution in [3.63, 3.8) is 0 Å². The molecule has 0 atom stereocenters. The van der Waals surface area contributed by atoms with Crippen LogP contribution in [-0.4, -0.2) is 56.0 Å². The summed E-state index contributed by atoms with van der Waals surface area (Å²) in [5.41, 5.74) is -0.255. The van der Waals surface area contributed by atoms with Gasteiger partial charge in [-0.1, -0.05) is 43.2 Å². The third-order valence-corrected chi connectivity index (χ3v) is 6.60. The Labute approximate surface area is 258 Å². The van der Waals surface area contributed by atoms with Gasteiger partial charge in [0.1, 0.15) is 0 Å². The van der Waals surface area contributed by atoms with E-state index in [1.165, 1.54) is 24.3 Å². The summed E-state index contributed by atoms with van der Waals surface area (Å²) < 4.78 is 0. The summed E-state index contributed by atoms with van der Waals surface area (Å²) in [7, 11) is 0. The normalized spacial score (nSPS) is 13.6. The third kappa shape index (κ3) is 8.73. The van der Waals surface area contributed by atoms with E-state index >= 15 is 0 Å². The second-order valence-corrected chi connectivity index (χ2v) is 11.8. The molecule has 0 radical (unpaired) electrons. The molecule has 0 saturated heterocycles. The van der Waals surface area contributed by atoms with Crippen LogP contribution in [0.5, 0.6) is 0 Å². The Hall–Kier alpha value is -3.55. The highest BCUT2D eigenvalue weighted by molar-refractivity contribution is 14.2. The van der Waals surface area contributed by atoms with Crippen molar-refractivity contribution in [2.45, 2.75) is 54.4 Å². The van der Waals surface area contributed by atoms with E-state index in [0.29, 0.717) is 23.9 Å². The zero-order valence-electron chi connectivity index (χ0n) is 24.0. The number of halogens is 1. The lowest BCUT2D eigenvalue weighted by Gasteiger charge is -2.22. The van der Waals surface area contributed by atoms with Gasteiger partial charge in [0.2, 0.25) is 0 Å². The Kier molecular flexibility index (Phi) is 13.6. The predicted octanol–water partition coefficient (Wildman–Crippen LogP) is 6.40. The van der Waals surface area contributed by atoms with Crippen LogP contribution in [0.25, 0.3) is 0 Å². The second kappa shape index (κ2) is 15.6. The highest BCUT2D eigenvalue weighted by Gasteiger charge is 2.41. The summed E-state index contributed by atoms with van der Waals surface area (Å²) in [5.74, 6) is -3.82. The molecule has 0 bridgehead atoms. The van der Waals surface area contributed by atoms with Crippen molar-refractivity contribution in [2.24, 2.45) is 10.8 Å². The van der Waals surface area contributed by atoms with Crippen LogP contribution in [0.4, 0.5) is 0 Å². The molecule has 3 N–H and O–H groups in total. The Morgan fingerprint density at radius 2 is 1.10 bits per heavy atom. The van der Waals surface area contributed by atoms with Crippen LogP contribution < -0.4 is 0 Å². The topological polar surface area (TPSA) is 182 Å². The van der Waals surface area contributed by atoms with E-state index in [0.717, 1.165) is 0 Å². The first-order valence-electron chi connectivity index (χ1n) is 12.6. The van der Waals surface area contributed by atoms with E-state index in [2.05, 4.69) is 0 Å². The van der Waals surface area contributed by atoms with Crippen molar-refractivity contribution < 1.29 is 43.9 Å². The number of nitrogens with one attached hydrogen (secondary N) is 1. The van der Waals surface area contributed by atoms with Gasteiger partial charge >= 0.3 is 11.9 Å². The van der Waals surface area contributed by atoms with Crippen molar-refractivity contribution in [3.05, 3.63) is 70.8 Å². The number of amides is 4. The minimum Gasteiger partial charge on any atom is -0.481 e. The minimum absolute atomic E-state index is 0.130. The van der Waals surface area contributed by atoms with E-state index in [9.17, 15) is 28.8 Å². The average Bonchev–Trinajstić information content (AvgIpc) is 3.34. The number of hydrogen-bond donors (Lipinski definition) is 3. The Morgan fingerprint density at radius 1 is 0.786 bits per heavy atom. The van der Waals surface area contributed by atoms with Crippen molar-refractivity contribution in [2.75, 3.05) is 0 Å². The van der Waals surface area contributed by atoms with Gasteiger partial charge in [0.15, 0.2) is 0 Å². The van der Waals surface area contributed by atoms with Crippen LogP contribution in [0.15, 0.2) is 48.5 Å². The van der Waals surface area contributed by atoms with E-state index < -0.39 is 46.4 Å². The number of hydroxylamine groups is 4. The Balaban J connectivity index is 0.000000328. The molecule has 0 saturated carbocycles. The van der Waals surface area contributed by atoms with Gasteiger partial charge in [-0.25, -0.2) is 4.79 Å². The fraction of sp³-hybridized carbons (Fsp3) is 0.357. The number of fused-ring (bicyclic) bond motifs is 2. The number of carbonyl (C=O) groups is 6. The average molecular weight is 713 g/mol. The SMILES string of the molecule is CCC(C)(C)C(=O)O.CCC(C)(C)C(=O)ON1C(=O)c2ccccc2C1=O.N=PI.O=C1c2ccccc2C(=O)N1O. The van der Waals surface area contributed by atoms with Gasteiger partial charge < -0.3 is 9.94 Å². The van der Waals surface area contributed by atoms with Crippen LogP contribution in [0.3, 0.4) is 0 Å². The first kappa shape index (κ1) is 36.5. The molecule has 2 heterocycles. The maximum absolute atomic E-state index is 12.0. The molecule has 14 heteroatoms. The summed E-state index contributed by atoms with van der Waals surface area (Å²) in [5, 5.41) is 24.2. The lowest BCUT2D eigenvalue weighted by molar-refractivity contribution is -0.179. The summed E-state index contributed by atoms with van der Waals surface area (Å²) in [4.78, 5) is 73.2. The molecule has 4 amide bonds. The standard InChI is InChI=1S/C14H15NO4.C8H5NO3.C6H12O2.HINP/c1-4-14(2,3)13(18)19-15-11(16)9-7-5-6-8-10(9)12(15)17;10-7-5-3-1-2-4-6(5)8(11)9(7)12;1-4-6(2,3)5(7)8;1-3-2/h5-8H,4H2,1-3H3;1-4,12H;4H2,1-3H3,(H,7,8);2H. The predicted molar refractivity (Wildman–Crippen MR) is 161 cm³/mol. The van der Waals surface area contributed by atoms with Crippen LogP contribution in [0.2, 0.25) is 0 Å². The lowest BCUT2D eigenvalue weighted by atomic mass is 9.91. The maximum atomic E-state index is 12.0. The van der Waals surface area contributed by atoms with E-state index in [1.807, 2.05) is 35.9 Å². The fourth-order valence-electron chi connectivity index (χ4n) is 2.93. The smallest absolute Gasteiger partial charge is 0.338 e. The second-order valence-electron chi connectivity index (χ2n) is 10.2. The number of carbonyl (C=O) groups excluding carboxylic acids is 5. The summed E-state index contributed by atoms with van der Waals surface area (Å²) in [6, 6.07) is 13.3. The number of nitrogens with zero attached hydrogens (tertiary/aromatic N) is 2. The molecule has 2 aromatic carbocycles. The number of imide groups is 2. The number of rotatable bonds is 5. The maximum Gasteiger partial charge on any atom is 0.338 e. The monoisotopic (exact) mass is 713 g/mol. The molecular formula is C28H33IN3O9P. The van der Waals surface area contributed by atoms with Gasteiger partial charge in [0.05, 0.1) is 39.1 Å². The molecule has 226 valence electrons. The highest BCUT2D eigenvalue weighted by atomic mass is 127. The zero-order valence-corrected chi connectivity index (χ0v) is 27.1. The first-order chi connectivity index (χ1) is 19.5. The molecule has 12 nitrogen and oxygen atoms in total. The zero-order chi connectivity index (χ0) is 32.4. The number of hydrogen-bond acceptors (Lipinski definition) is 9. The van der Waals surface area contributed by atoms with Gasteiger partial charge in [-0.2, -0.15) is 0 Å². The van der Waals surface area contributed by atoms with E-state index in [-0.39, 0.29) is 27.3 Å². The van der Waals surface area contributed by atoms with Crippen molar-refractivity contribution in [1.82, 2.24) is 10.1 Å². The van der Waals surface area contributed by atoms with E-state index in [4.69, 9.17) is 20.3 Å². The van der Waals surface area contributed by atoms with Crippen molar-refractivity contribution >= 4 is 63.6 Å². The molecular weight excluding hydrogens is 680 g/mol. The van der Waals surface area contributed by atoms with Gasteiger partial charge in [0.25, 0.3) is 23.6 Å². The lowest BCUT2D eigenvalue weighted by Crippen LogP contribution is -2.37. The number of aliphatic carboxylic acids is 1. The largest absolute Gasteiger partial charge is 0.481 e. The summed E-state index contributed by atoms with van der Waals surface area (Å²) in [6.07, 6.45) is 1.23. The molecule has 0 aliphatic carbocycles. The minimum atomic E-state index is -0.741. The molecule has 0 spiro atoms. The van der Waals surface area contributed by atoms with Gasteiger partial charge in [-0.3, -0.25) is 34.3 Å².